The van der Waals surface area contributed by atoms with Gasteiger partial charge in [0.05, 0.1) is 19.2 Å². The highest BCUT2D eigenvalue weighted by molar-refractivity contribution is 6.62. The molecule has 2 aliphatic rings. The second kappa shape index (κ2) is 9.74. The number of rotatable bonds is 9. The molecule has 0 amide bonds. The van der Waals surface area contributed by atoms with Crippen LogP contribution in [0, 0.1) is 0 Å². The molecule has 4 heteroatoms. The molecule has 0 aromatic rings. The number of unbranched alkanes of at least 4 members (excludes halogenated alkanes) is 5. The molecule has 0 aliphatic carbocycles. The molecule has 2 nitrogen and oxygen atoms in total. The summed E-state index contributed by atoms with van der Waals surface area (Å²) in [5, 5.41) is 0.306. The summed E-state index contributed by atoms with van der Waals surface area (Å²) in [4.78, 5) is 0. The molecular formula is C19H40O2Si2. The monoisotopic (exact) mass is 356 g/mol. The Morgan fingerprint density at radius 2 is 1.52 bits per heavy atom. The third-order valence-electron chi connectivity index (χ3n) is 6.45. The van der Waals surface area contributed by atoms with Crippen LogP contribution in [0.5, 0.6) is 0 Å². The van der Waals surface area contributed by atoms with Crippen LogP contribution in [0.15, 0.2) is 0 Å². The average Bonchev–Trinajstić information content (AvgIpc) is 2.59. The molecule has 23 heavy (non-hydrogen) atoms. The summed E-state index contributed by atoms with van der Waals surface area (Å²) < 4.78 is 13.1. The van der Waals surface area contributed by atoms with E-state index in [1.807, 2.05) is 0 Å². The van der Waals surface area contributed by atoms with Crippen molar-refractivity contribution in [2.24, 2.45) is 0 Å². The molecule has 0 N–H and O–H groups in total. The normalized spacial score (nSPS) is 33.7. The first-order valence-corrected chi connectivity index (χ1v) is 14.0. The van der Waals surface area contributed by atoms with Gasteiger partial charge in [0.25, 0.3) is 0 Å². The molecule has 0 aromatic carbocycles. The van der Waals surface area contributed by atoms with Crippen molar-refractivity contribution < 1.29 is 9.47 Å². The highest BCUT2D eigenvalue weighted by Gasteiger charge is 2.54. The van der Waals surface area contributed by atoms with E-state index < -0.39 is 8.80 Å². The van der Waals surface area contributed by atoms with E-state index in [2.05, 4.69) is 13.5 Å². The maximum absolute atomic E-state index is 6.64. The molecule has 0 bridgehead atoms. The van der Waals surface area contributed by atoms with Crippen LogP contribution in [0.3, 0.4) is 0 Å². The molecule has 2 rings (SSSR count). The van der Waals surface area contributed by atoms with Crippen LogP contribution in [0.25, 0.3) is 0 Å². The number of hydrogen-bond donors (Lipinski definition) is 0. The van der Waals surface area contributed by atoms with Crippen molar-refractivity contribution in [3.05, 3.63) is 0 Å². The molecule has 2 heterocycles. The predicted octanol–water partition coefficient (Wildman–Crippen LogP) is 3.94. The van der Waals surface area contributed by atoms with Gasteiger partial charge in [-0.15, -0.1) is 0 Å². The minimum atomic E-state index is -0.931. The van der Waals surface area contributed by atoms with Gasteiger partial charge in [-0.2, -0.15) is 0 Å². The Hall–Kier alpha value is 0.354. The van der Waals surface area contributed by atoms with Gasteiger partial charge in [-0.05, 0) is 38.5 Å². The summed E-state index contributed by atoms with van der Waals surface area (Å²) in [6.07, 6.45) is 16.3. The minimum absolute atomic E-state index is 0.138. The van der Waals surface area contributed by atoms with Gasteiger partial charge in [-0.1, -0.05) is 58.0 Å². The van der Waals surface area contributed by atoms with E-state index in [0.29, 0.717) is 0 Å². The van der Waals surface area contributed by atoms with Gasteiger partial charge in [0.15, 0.2) is 0 Å². The maximum atomic E-state index is 6.64. The molecule has 2 saturated heterocycles. The van der Waals surface area contributed by atoms with Gasteiger partial charge in [-0.3, -0.25) is 0 Å². The van der Waals surface area contributed by atoms with Gasteiger partial charge in [0, 0.05) is 23.5 Å². The SMILES string of the molecule is CCCCCCCC[SiH](C)C1(C2([SiH3])CCCCO2)CCCCO1. The molecule has 0 spiro atoms. The molecule has 3 atom stereocenters. The molecule has 136 valence electrons. The first-order chi connectivity index (χ1) is 11.1. The summed E-state index contributed by atoms with van der Waals surface area (Å²) in [6, 6.07) is 1.46. The number of ether oxygens (including phenoxy) is 2. The lowest BCUT2D eigenvalue weighted by atomic mass is 9.96. The average molecular weight is 357 g/mol. The summed E-state index contributed by atoms with van der Waals surface area (Å²) >= 11 is 0. The standard InChI is InChI=1S/C19H40O2Si2/c1-3-4-5-6-7-12-17-23(2)19(14-9-11-16-21-19)18(22)13-8-10-15-20-18/h23H,3-17H2,1-2,22H3. The molecule has 0 saturated carbocycles. The third-order valence-corrected chi connectivity index (χ3v) is 12.6. The molecule has 2 aliphatic heterocycles. The first kappa shape index (κ1) is 19.7. The van der Waals surface area contributed by atoms with Gasteiger partial charge < -0.3 is 9.47 Å². The summed E-state index contributed by atoms with van der Waals surface area (Å²) in [5.41, 5.74) is 0. The Morgan fingerprint density at radius 3 is 2.13 bits per heavy atom. The fourth-order valence-electron chi connectivity index (χ4n) is 4.87. The van der Waals surface area contributed by atoms with E-state index in [-0.39, 0.29) is 10.4 Å². The number of hydrogen-bond acceptors (Lipinski definition) is 2. The van der Waals surface area contributed by atoms with E-state index in [9.17, 15) is 0 Å². The fraction of sp³-hybridized carbons (Fsp3) is 1.00. The molecule has 0 aromatic heterocycles. The van der Waals surface area contributed by atoms with E-state index >= 15 is 0 Å². The van der Waals surface area contributed by atoms with Crippen LogP contribution in [0.4, 0.5) is 0 Å². The van der Waals surface area contributed by atoms with Crippen LogP contribution < -0.4 is 0 Å². The topological polar surface area (TPSA) is 18.5 Å². The van der Waals surface area contributed by atoms with E-state index in [4.69, 9.17) is 9.47 Å². The minimum Gasteiger partial charge on any atom is -0.377 e. The van der Waals surface area contributed by atoms with Crippen molar-refractivity contribution in [3.8, 4) is 0 Å². The van der Waals surface area contributed by atoms with Gasteiger partial charge in [0.2, 0.25) is 0 Å². The highest BCUT2D eigenvalue weighted by Crippen LogP contribution is 2.43. The maximum Gasteiger partial charge on any atom is 0.0793 e. The zero-order chi connectivity index (χ0) is 16.6. The zero-order valence-electron chi connectivity index (χ0n) is 16.0. The Morgan fingerprint density at radius 1 is 0.870 bits per heavy atom. The zero-order valence-corrected chi connectivity index (χ0v) is 19.2. The van der Waals surface area contributed by atoms with Crippen LogP contribution in [0.1, 0.15) is 84.0 Å². The molecule has 2 fully saturated rings. The van der Waals surface area contributed by atoms with E-state index in [1.54, 1.807) is 0 Å². The van der Waals surface area contributed by atoms with Crippen molar-refractivity contribution in [1.29, 1.82) is 0 Å². The fourth-order valence-corrected chi connectivity index (χ4v) is 11.0. The Balaban J connectivity index is 1.91. The lowest BCUT2D eigenvalue weighted by Crippen LogP contribution is -2.67. The van der Waals surface area contributed by atoms with Crippen LogP contribution >= 0.6 is 0 Å². The Labute approximate surface area is 149 Å². The first-order valence-electron chi connectivity index (χ1n) is 10.4. The van der Waals surface area contributed by atoms with Crippen molar-refractivity contribution in [2.45, 2.75) is 107 Å². The van der Waals surface area contributed by atoms with Crippen LogP contribution in [0.2, 0.25) is 12.6 Å². The van der Waals surface area contributed by atoms with Crippen LogP contribution in [-0.2, 0) is 9.47 Å². The van der Waals surface area contributed by atoms with Gasteiger partial charge >= 0.3 is 0 Å². The Bertz CT molecular complexity index is 323. The van der Waals surface area contributed by atoms with Crippen molar-refractivity contribution in [2.75, 3.05) is 13.2 Å². The largest absolute Gasteiger partial charge is 0.377 e. The highest BCUT2D eigenvalue weighted by atomic mass is 28.3. The smallest absolute Gasteiger partial charge is 0.0793 e. The second-order valence-electron chi connectivity index (χ2n) is 8.19. The lowest BCUT2D eigenvalue weighted by Gasteiger charge is -2.55. The van der Waals surface area contributed by atoms with Gasteiger partial charge in [0.1, 0.15) is 0 Å². The summed E-state index contributed by atoms with van der Waals surface area (Å²) in [6.45, 7) is 6.86. The molecular weight excluding hydrogens is 316 g/mol. The quantitative estimate of drug-likeness (QED) is 0.460. The lowest BCUT2D eigenvalue weighted by molar-refractivity contribution is -0.161. The Kier molecular flexibility index (Phi) is 8.33. The second-order valence-corrected chi connectivity index (χ2v) is 13.1. The van der Waals surface area contributed by atoms with Crippen molar-refractivity contribution >= 4 is 19.0 Å². The summed E-state index contributed by atoms with van der Waals surface area (Å²) in [7, 11) is 0.210. The predicted molar refractivity (Wildman–Crippen MR) is 106 cm³/mol. The molecule has 0 radical (unpaired) electrons. The van der Waals surface area contributed by atoms with E-state index in [0.717, 1.165) is 23.5 Å². The van der Waals surface area contributed by atoms with Gasteiger partial charge in [-0.25, -0.2) is 0 Å². The third kappa shape index (κ3) is 4.93. The van der Waals surface area contributed by atoms with Crippen LogP contribution in [-0.4, -0.2) is 42.7 Å². The van der Waals surface area contributed by atoms with Crippen molar-refractivity contribution in [1.82, 2.24) is 0 Å². The summed E-state index contributed by atoms with van der Waals surface area (Å²) in [5.74, 6) is 0. The van der Waals surface area contributed by atoms with Crippen molar-refractivity contribution in [3.63, 3.8) is 0 Å². The molecule has 3 unspecified atom stereocenters. The van der Waals surface area contributed by atoms with E-state index in [1.165, 1.54) is 83.1 Å².